The Bertz CT molecular complexity index is 218. The molecule has 5 nitrogen and oxygen atoms in total. The highest BCUT2D eigenvalue weighted by Crippen LogP contribution is 1.87. The Labute approximate surface area is 83.6 Å². The molecule has 0 radical (unpaired) electrons. The predicted octanol–water partition coefficient (Wildman–Crippen LogP) is -0.362. The van der Waals surface area contributed by atoms with E-state index in [0.717, 1.165) is 6.54 Å². The maximum atomic E-state index is 10.4. The summed E-state index contributed by atoms with van der Waals surface area (Å²) in [5.74, 6) is 0. The fourth-order valence-electron chi connectivity index (χ4n) is 0.585. The van der Waals surface area contributed by atoms with E-state index in [9.17, 15) is 8.42 Å². The second-order valence-corrected chi connectivity index (χ2v) is 5.13. The maximum absolute atomic E-state index is 10.4. The fourth-order valence-corrected chi connectivity index (χ4v) is 1.14. The minimum absolute atomic E-state index is 0.208. The molecule has 0 aromatic carbocycles. The molecule has 0 aliphatic carbocycles. The Morgan fingerprint density at radius 3 is 2.46 bits per heavy atom. The summed E-state index contributed by atoms with van der Waals surface area (Å²) in [4.78, 5) is 1.98. The topological polar surface area (TPSA) is 58.6 Å². The lowest BCUT2D eigenvalue weighted by atomic mass is 10.6. The third-order valence-corrected chi connectivity index (χ3v) is 2.08. The summed E-state index contributed by atoms with van der Waals surface area (Å²) in [7, 11) is 5.17. The first-order valence-corrected chi connectivity index (χ1v) is 6.14. The largest absolute Gasteiger partial charge is 0.379 e. The molecule has 0 spiro atoms. The van der Waals surface area contributed by atoms with Crippen molar-refractivity contribution in [2.24, 2.45) is 0 Å². The monoisotopic (exact) mass is 230 g/mol. The van der Waals surface area contributed by atoms with Crippen LogP contribution in [-0.4, -0.2) is 53.7 Å². The zero-order valence-electron chi connectivity index (χ0n) is 7.79. The van der Waals surface area contributed by atoms with Gasteiger partial charge in [-0.1, -0.05) is 0 Å². The molecule has 13 heavy (non-hydrogen) atoms. The van der Waals surface area contributed by atoms with Gasteiger partial charge in [-0.2, -0.15) is 13.1 Å². The normalized spacial score (nSPS) is 12.3. The third kappa shape index (κ3) is 12.1. The molecule has 0 aliphatic heterocycles. The zero-order chi connectivity index (χ0) is 10.3. The van der Waals surface area contributed by atoms with Crippen LogP contribution in [-0.2, 0) is 14.0 Å². The van der Waals surface area contributed by atoms with Crippen molar-refractivity contribution in [2.45, 2.75) is 0 Å². The smallest absolute Gasteiger partial charge is 0.297 e. The van der Waals surface area contributed by atoms with E-state index in [1.807, 2.05) is 19.0 Å². The van der Waals surface area contributed by atoms with E-state index in [2.05, 4.69) is 4.72 Å². The number of likely N-dealkylation sites (N-methyl/N-ethyl adjacent to an activating group) is 1. The van der Waals surface area contributed by atoms with E-state index >= 15 is 0 Å². The summed E-state index contributed by atoms with van der Waals surface area (Å²) in [6.07, 6.45) is 0. The van der Waals surface area contributed by atoms with Crippen LogP contribution in [0.5, 0.6) is 0 Å². The van der Waals surface area contributed by atoms with Crippen LogP contribution in [0.4, 0.5) is 0 Å². The standard InChI is InChI=1S/C6H15ClN2O3S/c1-9(2)4-6-12-5-3-8-13(7,10)11/h8H,3-6H2,1-2H3. The van der Waals surface area contributed by atoms with Gasteiger partial charge in [0.2, 0.25) is 0 Å². The average Bonchev–Trinajstić information content (AvgIpc) is 1.93. The van der Waals surface area contributed by atoms with Gasteiger partial charge in [0.1, 0.15) is 0 Å². The molecule has 0 atom stereocenters. The molecule has 0 aromatic rings. The average molecular weight is 231 g/mol. The van der Waals surface area contributed by atoms with Gasteiger partial charge < -0.3 is 9.64 Å². The summed E-state index contributed by atoms with van der Waals surface area (Å²) >= 11 is 0. The van der Waals surface area contributed by atoms with Crippen molar-refractivity contribution in [3.05, 3.63) is 0 Å². The molecule has 0 saturated carbocycles. The second kappa shape index (κ2) is 6.56. The molecule has 0 fully saturated rings. The Hall–Kier alpha value is 0.120. The first-order valence-electron chi connectivity index (χ1n) is 3.83. The number of halogens is 1. The summed E-state index contributed by atoms with van der Waals surface area (Å²) in [6, 6.07) is 0. The maximum Gasteiger partial charge on any atom is 0.297 e. The number of rotatable bonds is 7. The molecule has 0 aliphatic rings. The van der Waals surface area contributed by atoms with Crippen molar-refractivity contribution < 1.29 is 13.2 Å². The molecule has 0 unspecified atom stereocenters. The minimum Gasteiger partial charge on any atom is -0.379 e. The van der Waals surface area contributed by atoms with Crippen LogP contribution in [0.3, 0.4) is 0 Å². The van der Waals surface area contributed by atoms with Crippen LogP contribution in [0.1, 0.15) is 0 Å². The van der Waals surface area contributed by atoms with E-state index in [1.165, 1.54) is 0 Å². The van der Waals surface area contributed by atoms with Gasteiger partial charge in [0.25, 0.3) is 9.24 Å². The predicted molar refractivity (Wildman–Crippen MR) is 52.1 cm³/mol. The Morgan fingerprint density at radius 2 is 2.00 bits per heavy atom. The van der Waals surface area contributed by atoms with Crippen molar-refractivity contribution in [1.29, 1.82) is 0 Å². The molecular formula is C6H15ClN2O3S. The number of ether oxygens (including phenoxy) is 1. The molecule has 7 heteroatoms. The van der Waals surface area contributed by atoms with Crippen LogP contribution in [0.2, 0.25) is 0 Å². The van der Waals surface area contributed by atoms with Gasteiger partial charge in [0, 0.05) is 23.8 Å². The van der Waals surface area contributed by atoms with Crippen LogP contribution in [0.25, 0.3) is 0 Å². The molecule has 0 heterocycles. The van der Waals surface area contributed by atoms with Crippen LogP contribution in [0, 0.1) is 0 Å². The van der Waals surface area contributed by atoms with E-state index in [-0.39, 0.29) is 6.54 Å². The lowest BCUT2D eigenvalue weighted by molar-refractivity contribution is 0.122. The van der Waals surface area contributed by atoms with E-state index in [1.54, 1.807) is 0 Å². The van der Waals surface area contributed by atoms with E-state index < -0.39 is 9.24 Å². The van der Waals surface area contributed by atoms with Gasteiger partial charge in [-0.25, -0.2) is 0 Å². The fraction of sp³-hybridized carbons (Fsp3) is 1.00. The Morgan fingerprint density at radius 1 is 1.38 bits per heavy atom. The molecule has 0 saturated heterocycles. The van der Waals surface area contributed by atoms with E-state index in [4.69, 9.17) is 15.4 Å². The van der Waals surface area contributed by atoms with Crippen LogP contribution >= 0.6 is 10.7 Å². The van der Waals surface area contributed by atoms with Gasteiger partial charge >= 0.3 is 0 Å². The Balaban J connectivity index is 3.18. The van der Waals surface area contributed by atoms with Gasteiger partial charge in [-0.3, -0.25) is 0 Å². The molecule has 80 valence electrons. The van der Waals surface area contributed by atoms with Gasteiger partial charge in [-0.15, -0.1) is 0 Å². The number of hydrogen-bond donors (Lipinski definition) is 1. The van der Waals surface area contributed by atoms with Crippen molar-refractivity contribution in [3.8, 4) is 0 Å². The van der Waals surface area contributed by atoms with Crippen LogP contribution in [0.15, 0.2) is 0 Å². The first kappa shape index (κ1) is 13.1. The highest BCUT2D eigenvalue weighted by molar-refractivity contribution is 8.12. The zero-order valence-corrected chi connectivity index (χ0v) is 9.36. The van der Waals surface area contributed by atoms with Crippen molar-refractivity contribution in [3.63, 3.8) is 0 Å². The molecule has 0 rings (SSSR count). The summed E-state index contributed by atoms with van der Waals surface area (Å²) < 4.78 is 27.9. The van der Waals surface area contributed by atoms with Gasteiger partial charge in [0.05, 0.1) is 13.2 Å². The summed E-state index contributed by atoms with van der Waals surface area (Å²) in [5.41, 5.74) is 0. The van der Waals surface area contributed by atoms with Crippen LogP contribution < -0.4 is 4.72 Å². The minimum atomic E-state index is -3.60. The van der Waals surface area contributed by atoms with Crippen molar-refractivity contribution in [2.75, 3.05) is 40.4 Å². The quantitative estimate of drug-likeness (QED) is 0.479. The third-order valence-electron chi connectivity index (χ3n) is 1.20. The first-order chi connectivity index (χ1) is 5.92. The lowest BCUT2D eigenvalue weighted by Crippen LogP contribution is -2.25. The molecule has 0 bridgehead atoms. The molecule has 1 N–H and O–H groups in total. The SMILES string of the molecule is CN(C)CCOCCNS(=O)(=O)Cl. The summed E-state index contributed by atoms with van der Waals surface area (Å²) in [5, 5.41) is 0. The lowest BCUT2D eigenvalue weighted by Gasteiger charge is -2.09. The van der Waals surface area contributed by atoms with Crippen molar-refractivity contribution >= 4 is 19.9 Å². The number of hydrogen-bond acceptors (Lipinski definition) is 4. The molecule has 0 aromatic heterocycles. The number of nitrogens with zero attached hydrogens (tertiary/aromatic N) is 1. The van der Waals surface area contributed by atoms with Gasteiger partial charge in [-0.05, 0) is 14.1 Å². The number of nitrogens with one attached hydrogen (secondary N) is 1. The van der Waals surface area contributed by atoms with Gasteiger partial charge in [0.15, 0.2) is 0 Å². The molecular weight excluding hydrogens is 216 g/mol. The molecule has 0 amide bonds. The van der Waals surface area contributed by atoms with Crippen molar-refractivity contribution in [1.82, 2.24) is 9.62 Å². The highest BCUT2D eigenvalue weighted by Gasteiger charge is 2.01. The second-order valence-electron chi connectivity index (χ2n) is 2.75. The van der Waals surface area contributed by atoms with E-state index in [0.29, 0.717) is 13.2 Å². The Kier molecular flexibility index (Phi) is 6.62. The summed E-state index contributed by atoms with van der Waals surface area (Å²) in [6.45, 7) is 1.93. The highest BCUT2D eigenvalue weighted by atomic mass is 35.7.